The molecule has 244 valence electrons. The molecule has 2 aromatic rings. The summed E-state index contributed by atoms with van der Waals surface area (Å²) in [5.74, 6) is -0.219. The van der Waals surface area contributed by atoms with Crippen LogP contribution in [-0.4, -0.2) is 59.0 Å². The highest BCUT2D eigenvalue weighted by Crippen LogP contribution is 2.25. The van der Waals surface area contributed by atoms with Gasteiger partial charge in [-0.2, -0.15) is 0 Å². The summed E-state index contributed by atoms with van der Waals surface area (Å²) in [6.45, 7) is 13.9. The average Bonchev–Trinajstić information content (AvgIpc) is 2.98. The predicted molar refractivity (Wildman–Crippen MR) is 172 cm³/mol. The van der Waals surface area contributed by atoms with Crippen LogP contribution in [-0.2, 0) is 32.2 Å². The minimum atomic E-state index is -0.828. The van der Waals surface area contributed by atoms with Crippen LogP contribution in [0, 0.1) is 11.3 Å². The number of nitrogens with one attached hydrogen (secondary N) is 4. The normalized spacial score (nSPS) is 17.2. The molecule has 0 unspecified atom stereocenters. The number of hydrogen-bond acceptors (Lipinski definition) is 7. The molecule has 2 aromatic carbocycles. The number of nitrogens with zero attached hydrogens (tertiary/aromatic N) is 1. The van der Waals surface area contributed by atoms with Gasteiger partial charge in [0.1, 0.15) is 30.1 Å². The van der Waals surface area contributed by atoms with Crippen LogP contribution in [0.3, 0.4) is 0 Å². The van der Waals surface area contributed by atoms with Gasteiger partial charge in [0.2, 0.25) is 11.8 Å². The molecule has 0 aliphatic carbocycles. The molecule has 0 aromatic heterocycles. The number of carbonyl (C=O) groups excluding carboxylic acids is 4. The van der Waals surface area contributed by atoms with Gasteiger partial charge in [0, 0.05) is 18.7 Å². The molecule has 1 aliphatic rings. The van der Waals surface area contributed by atoms with E-state index in [2.05, 4.69) is 29.8 Å². The molecule has 0 saturated carbocycles. The van der Waals surface area contributed by atoms with E-state index in [9.17, 15) is 19.2 Å². The molecule has 4 amide bonds. The number of benzene rings is 2. The van der Waals surface area contributed by atoms with Gasteiger partial charge in [0.05, 0.1) is 0 Å². The predicted octanol–water partition coefficient (Wildman–Crippen LogP) is 5.22. The standard InChI is InChI=1S/C34H47N5O6/c1-21(2)26-12-10-25(11-13-26)20-44-32(42)38-29(35)27-14-8-24(9-15-27)19-36-30(40)23(4)37-31(41)28-18-22(3)16-17-39(28)33(43)45-34(5,6)7/h8-15,21-23,28H,16-20H2,1-7H3,(H,36,40)(H,37,41)(H2,35,38,42)/t22-,23-,28+/m0/s1. The Labute approximate surface area is 265 Å². The van der Waals surface area contributed by atoms with Gasteiger partial charge in [-0.1, -0.05) is 69.3 Å². The Morgan fingerprint density at radius 3 is 2.20 bits per heavy atom. The van der Waals surface area contributed by atoms with E-state index in [-0.39, 0.29) is 30.8 Å². The molecule has 3 rings (SSSR count). The summed E-state index contributed by atoms with van der Waals surface area (Å²) in [7, 11) is 0. The highest BCUT2D eigenvalue weighted by atomic mass is 16.6. The number of rotatable bonds is 9. The fourth-order valence-electron chi connectivity index (χ4n) is 4.79. The van der Waals surface area contributed by atoms with Gasteiger partial charge < -0.3 is 20.1 Å². The molecule has 4 N–H and O–H groups in total. The van der Waals surface area contributed by atoms with Crippen LogP contribution in [0.2, 0.25) is 0 Å². The third-order valence-corrected chi connectivity index (χ3v) is 7.50. The SMILES string of the molecule is CC(C)c1ccc(COC(=O)NC(=N)c2ccc(CNC(=O)[C@H](C)NC(=O)[C@H]3C[C@@H](C)CCN3C(=O)OC(C)(C)C)cc2)cc1. The van der Waals surface area contributed by atoms with Gasteiger partial charge in [0.25, 0.3) is 0 Å². The zero-order chi connectivity index (χ0) is 33.3. The molecule has 0 radical (unpaired) electrons. The first-order valence-electron chi connectivity index (χ1n) is 15.4. The van der Waals surface area contributed by atoms with Crippen LogP contribution in [0.25, 0.3) is 0 Å². The zero-order valence-electron chi connectivity index (χ0n) is 27.4. The first-order valence-corrected chi connectivity index (χ1v) is 15.4. The molecular formula is C34H47N5O6. The maximum Gasteiger partial charge on any atom is 0.413 e. The minimum Gasteiger partial charge on any atom is -0.444 e. The number of amidine groups is 1. The Bertz CT molecular complexity index is 1350. The second kappa shape index (κ2) is 15.5. The fraction of sp³-hybridized carbons (Fsp3) is 0.500. The minimum absolute atomic E-state index is 0.0940. The average molecular weight is 622 g/mol. The Morgan fingerprint density at radius 2 is 1.60 bits per heavy atom. The molecule has 1 heterocycles. The molecule has 1 aliphatic heterocycles. The van der Waals surface area contributed by atoms with Gasteiger partial charge in [0.15, 0.2) is 0 Å². The second-order valence-electron chi connectivity index (χ2n) is 12.9. The number of amides is 4. The van der Waals surface area contributed by atoms with Gasteiger partial charge in [-0.05, 0) is 69.1 Å². The van der Waals surface area contributed by atoms with Crippen molar-refractivity contribution in [2.24, 2.45) is 5.92 Å². The summed E-state index contributed by atoms with van der Waals surface area (Å²) < 4.78 is 10.7. The van der Waals surface area contributed by atoms with Crippen molar-refractivity contribution in [3.8, 4) is 0 Å². The van der Waals surface area contributed by atoms with Crippen LogP contribution in [0.5, 0.6) is 0 Å². The number of piperidine rings is 1. The summed E-state index contributed by atoms with van der Waals surface area (Å²) in [6, 6.07) is 13.1. The van der Waals surface area contributed by atoms with Crippen LogP contribution < -0.4 is 16.0 Å². The van der Waals surface area contributed by atoms with E-state index in [0.717, 1.165) is 17.5 Å². The smallest absolute Gasteiger partial charge is 0.413 e. The number of likely N-dealkylation sites (tertiary alicyclic amines) is 1. The number of hydrogen-bond donors (Lipinski definition) is 4. The Hall–Kier alpha value is -4.41. The molecule has 1 saturated heterocycles. The van der Waals surface area contributed by atoms with Crippen molar-refractivity contribution >= 4 is 29.8 Å². The third kappa shape index (κ3) is 10.9. The molecule has 0 spiro atoms. The highest BCUT2D eigenvalue weighted by molar-refractivity contribution is 6.04. The van der Waals surface area contributed by atoms with E-state index in [1.807, 2.05) is 31.2 Å². The summed E-state index contributed by atoms with van der Waals surface area (Å²) in [4.78, 5) is 52.3. The molecule has 11 heteroatoms. The lowest BCUT2D eigenvalue weighted by Crippen LogP contribution is -2.57. The van der Waals surface area contributed by atoms with E-state index < -0.39 is 35.8 Å². The molecule has 45 heavy (non-hydrogen) atoms. The summed E-state index contributed by atoms with van der Waals surface area (Å²) in [5.41, 5.74) is 2.61. The van der Waals surface area contributed by atoms with Crippen LogP contribution >= 0.6 is 0 Å². The lowest BCUT2D eigenvalue weighted by molar-refractivity contribution is -0.132. The Kier molecular flexibility index (Phi) is 12.1. The fourth-order valence-corrected chi connectivity index (χ4v) is 4.79. The van der Waals surface area contributed by atoms with Gasteiger partial charge in [-0.25, -0.2) is 9.59 Å². The first kappa shape index (κ1) is 35.1. The van der Waals surface area contributed by atoms with E-state index in [4.69, 9.17) is 14.9 Å². The highest BCUT2D eigenvalue weighted by Gasteiger charge is 2.37. The van der Waals surface area contributed by atoms with Crippen molar-refractivity contribution in [2.75, 3.05) is 6.54 Å². The number of carbonyl (C=O) groups is 4. The maximum absolute atomic E-state index is 13.1. The molecule has 1 fully saturated rings. The van der Waals surface area contributed by atoms with Crippen molar-refractivity contribution in [1.29, 1.82) is 5.41 Å². The Morgan fingerprint density at radius 1 is 0.978 bits per heavy atom. The second-order valence-corrected chi connectivity index (χ2v) is 12.9. The zero-order valence-corrected chi connectivity index (χ0v) is 27.4. The van der Waals surface area contributed by atoms with Crippen LogP contribution in [0.15, 0.2) is 48.5 Å². The van der Waals surface area contributed by atoms with Gasteiger partial charge in [-0.15, -0.1) is 0 Å². The summed E-state index contributed by atoms with van der Waals surface area (Å²) >= 11 is 0. The summed E-state index contributed by atoms with van der Waals surface area (Å²) in [6.07, 6.45) is -0.00945. The number of ether oxygens (including phenoxy) is 2. The lowest BCUT2D eigenvalue weighted by Gasteiger charge is -2.38. The Balaban J connectivity index is 1.45. The van der Waals surface area contributed by atoms with Crippen molar-refractivity contribution in [1.82, 2.24) is 20.9 Å². The lowest BCUT2D eigenvalue weighted by atomic mass is 9.92. The van der Waals surface area contributed by atoms with E-state index >= 15 is 0 Å². The van der Waals surface area contributed by atoms with Crippen molar-refractivity contribution in [3.05, 3.63) is 70.8 Å². The van der Waals surface area contributed by atoms with Gasteiger partial charge >= 0.3 is 12.2 Å². The molecule has 0 bridgehead atoms. The summed E-state index contributed by atoms with van der Waals surface area (Å²) in [5, 5.41) is 16.2. The van der Waals surface area contributed by atoms with E-state index in [1.165, 1.54) is 10.5 Å². The quantitative estimate of drug-likeness (QED) is 0.223. The molecular weight excluding hydrogens is 574 g/mol. The van der Waals surface area contributed by atoms with Crippen LogP contribution in [0.4, 0.5) is 9.59 Å². The largest absolute Gasteiger partial charge is 0.444 e. The van der Waals surface area contributed by atoms with E-state index in [1.54, 1.807) is 52.0 Å². The topological polar surface area (TPSA) is 150 Å². The van der Waals surface area contributed by atoms with Crippen LogP contribution in [0.1, 0.15) is 89.5 Å². The maximum atomic E-state index is 13.1. The van der Waals surface area contributed by atoms with Gasteiger partial charge in [-0.3, -0.25) is 25.2 Å². The number of alkyl carbamates (subject to hydrolysis) is 1. The first-order chi connectivity index (χ1) is 21.1. The van der Waals surface area contributed by atoms with Crippen molar-refractivity contribution in [3.63, 3.8) is 0 Å². The van der Waals surface area contributed by atoms with Crippen molar-refractivity contribution < 1.29 is 28.7 Å². The monoisotopic (exact) mass is 621 g/mol. The van der Waals surface area contributed by atoms with E-state index in [0.29, 0.717) is 24.4 Å². The molecule has 3 atom stereocenters. The molecule has 11 nitrogen and oxygen atoms in total. The van der Waals surface area contributed by atoms with Crippen molar-refractivity contribution in [2.45, 2.75) is 98.1 Å². The third-order valence-electron chi connectivity index (χ3n) is 7.50.